The number of hydrogen-bond acceptors (Lipinski definition) is 9. The third-order valence-corrected chi connectivity index (χ3v) is 5.63. The molecule has 2 aliphatic rings. The lowest BCUT2D eigenvalue weighted by molar-refractivity contribution is 0.0991. The molecule has 0 atom stereocenters. The van der Waals surface area contributed by atoms with Crippen molar-refractivity contribution in [3.8, 4) is 11.5 Å². The van der Waals surface area contributed by atoms with E-state index in [-0.39, 0.29) is 5.89 Å². The lowest BCUT2D eigenvalue weighted by Gasteiger charge is -2.30. The molecule has 0 spiro atoms. The zero-order chi connectivity index (χ0) is 21.8. The molecule has 1 amide bonds. The molecule has 0 aliphatic carbocycles. The number of amides is 1. The van der Waals surface area contributed by atoms with Crippen LogP contribution in [-0.2, 0) is 0 Å². The number of aromatic nitrogens is 3. The van der Waals surface area contributed by atoms with Crippen molar-refractivity contribution < 1.29 is 9.21 Å². The molecule has 3 N–H and O–H groups in total. The van der Waals surface area contributed by atoms with Crippen molar-refractivity contribution in [1.29, 1.82) is 0 Å². The molecule has 0 bridgehead atoms. The van der Waals surface area contributed by atoms with Crippen molar-refractivity contribution in [2.45, 2.75) is 0 Å². The first-order chi connectivity index (χ1) is 15.8. The van der Waals surface area contributed by atoms with Crippen LogP contribution in [-0.4, -0.2) is 73.2 Å². The molecule has 0 radical (unpaired) electrons. The van der Waals surface area contributed by atoms with Gasteiger partial charge in [-0.15, -0.1) is 0 Å². The molecule has 3 aromatic rings. The quantitative estimate of drug-likeness (QED) is 0.545. The number of hydrogen-bond donors (Lipinski definition) is 3. The van der Waals surface area contributed by atoms with Crippen LogP contribution in [0.15, 0.2) is 47.3 Å². The first kappa shape index (κ1) is 20.4. The minimum absolute atomic E-state index is 0.00973. The number of pyridine rings is 2. The van der Waals surface area contributed by atoms with Gasteiger partial charge in [-0.2, -0.15) is 0 Å². The predicted molar refractivity (Wildman–Crippen MR) is 122 cm³/mol. The maximum absolute atomic E-state index is 12.8. The standard InChI is InChI=1S/C22H26N8O2/c31-21(28-17-14-25-5-4-18(17)29-10-6-23-7-11-29)22-26-15-19(32-22)16-2-1-3-20(27-16)30-12-8-24-9-13-30/h1-5,14-15,23-24H,6-13H2,(H,28,31). The van der Waals surface area contributed by atoms with Crippen molar-refractivity contribution in [2.24, 2.45) is 0 Å². The fourth-order valence-electron chi connectivity index (χ4n) is 3.97. The Labute approximate surface area is 186 Å². The van der Waals surface area contributed by atoms with Crippen molar-refractivity contribution in [2.75, 3.05) is 67.5 Å². The Hall–Kier alpha value is -3.50. The second kappa shape index (κ2) is 9.33. The van der Waals surface area contributed by atoms with E-state index in [2.05, 4.69) is 35.7 Å². The third kappa shape index (κ3) is 4.41. The zero-order valence-corrected chi connectivity index (χ0v) is 17.8. The molecule has 2 aliphatic heterocycles. The van der Waals surface area contributed by atoms with Gasteiger partial charge in [0.15, 0.2) is 5.76 Å². The van der Waals surface area contributed by atoms with E-state index in [1.54, 1.807) is 18.6 Å². The molecule has 0 saturated carbocycles. The van der Waals surface area contributed by atoms with Crippen molar-refractivity contribution in [1.82, 2.24) is 25.6 Å². The average molecular weight is 435 g/mol. The summed E-state index contributed by atoms with van der Waals surface area (Å²) >= 11 is 0. The van der Waals surface area contributed by atoms with E-state index in [1.165, 1.54) is 0 Å². The maximum Gasteiger partial charge on any atom is 0.311 e. The molecule has 10 nitrogen and oxygen atoms in total. The van der Waals surface area contributed by atoms with E-state index in [0.717, 1.165) is 63.9 Å². The van der Waals surface area contributed by atoms with Gasteiger partial charge in [-0.25, -0.2) is 9.97 Å². The summed E-state index contributed by atoms with van der Waals surface area (Å²) in [6, 6.07) is 7.70. The Morgan fingerprint density at radius 2 is 1.72 bits per heavy atom. The Kier molecular flexibility index (Phi) is 5.95. The lowest BCUT2D eigenvalue weighted by atomic mass is 10.2. The van der Waals surface area contributed by atoms with E-state index in [9.17, 15) is 4.79 Å². The normalized spacial score (nSPS) is 16.8. The van der Waals surface area contributed by atoms with Gasteiger partial charge in [-0.05, 0) is 18.2 Å². The molecule has 5 rings (SSSR count). The van der Waals surface area contributed by atoms with Gasteiger partial charge in [-0.3, -0.25) is 9.78 Å². The number of nitrogens with zero attached hydrogens (tertiary/aromatic N) is 5. The number of rotatable bonds is 5. The minimum Gasteiger partial charge on any atom is -0.431 e. The number of oxazole rings is 1. The highest BCUT2D eigenvalue weighted by Gasteiger charge is 2.20. The summed E-state index contributed by atoms with van der Waals surface area (Å²) in [5, 5.41) is 9.57. The molecule has 0 aromatic carbocycles. The van der Waals surface area contributed by atoms with E-state index in [1.807, 2.05) is 24.3 Å². The number of anilines is 3. The molecule has 5 heterocycles. The largest absolute Gasteiger partial charge is 0.431 e. The van der Waals surface area contributed by atoms with Crippen LogP contribution >= 0.6 is 0 Å². The first-order valence-corrected chi connectivity index (χ1v) is 10.9. The van der Waals surface area contributed by atoms with E-state index < -0.39 is 5.91 Å². The van der Waals surface area contributed by atoms with Gasteiger partial charge >= 0.3 is 5.91 Å². The van der Waals surface area contributed by atoms with Crippen molar-refractivity contribution in [3.63, 3.8) is 0 Å². The van der Waals surface area contributed by atoms with Crippen LogP contribution in [0.5, 0.6) is 0 Å². The SMILES string of the molecule is O=C(Nc1cnccc1N1CCNCC1)c1ncc(-c2cccc(N3CCNCC3)n2)o1. The minimum atomic E-state index is -0.418. The van der Waals surface area contributed by atoms with E-state index in [4.69, 9.17) is 9.40 Å². The highest BCUT2D eigenvalue weighted by Crippen LogP contribution is 2.26. The van der Waals surface area contributed by atoms with Crippen molar-refractivity contribution in [3.05, 3.63) is 48.7 Å². The molecule has 10 heteroatoms. The fraction of sp³-hybridized carbons (Fsp3) is 0.364. The van der Waals surface area contributed by atoms with Gasteiger partial charge in [-0.1, -0.05) is 6.07 Å². The van der Waals surface area contributed by atoms with Gasteiger partial charge in [0.2, 0.25) is 0 Å². The summed E-state index contributed by atoms with van der Waals surface area (Å²) in [7, 11) is 0. The second-order valence-corrected chi connectivity index (χ2v) is 7.73. The summed E-state index contributed by atoms with van der Waals surface area (Å²) in [6.45, 7) is 7.21. The third-order valence-electron chi connectivity index (χ3n) is 5.63. The average Bonchev–Trinajstić information content (AvgIpc) is 3.36. The van der Waals surface area contributed by atoms with Crippen LogP contribution in [0.1, 0.15) is 10.7 Å². The van der Waals surface area contributed by atoms with E-state index in [0.29, 0.717) is 17.1 Å². The summed E-state index contributed by atoms with van der Waals surface area (Å²) in [4.78, 5) is 30.4. The molecule has 166 valence electrons. The van der Waals surface area contributed by atoms with Gasteiger partial charge in [0, 0.05) is 58.6 Å². The first-order valence-electron chi connectivity index (χ1n) is 10.9. The molecular formula is C22H26N8O2. The van der Waals surface area contributed by atoms with Crippen LogP contribution in [0.4, 0.5) is 17.2 Å². The Balaban J connectivity index is 1.32. The van der Waals surface area contributed by atoms with Gasteiger partial charge in [0.25, 0.3) is 5.89 Å². The molecule has 2 fully saturated rings. The summed E-state index contributed by atoms with van der Waals surface area (Å²) in [5.41, 5.74) is 2.22. The molecule has 3 aromatic heterocycles. The highest BCUT2D eigenvalue weighted by atomic mass is 16.4. The van der Waals surface area contributed by atoms with Crippen LogP contribution < -0.4 is 25.8 Å². The van der Waals surface area contributed by atoms with E-state index >= 15 is 0 Å². The predicted octanol–water partition coefficient (Wildman–Crippen LogP) is 1.20. The number of piperazine rings is 2. The lowest BCUT2D eigenvalue weighted by Crippen LogP contribution is -2.43. The van der Waals surface area contributed by atoms with Crippen LogP contribution in [0.25, 0.3) is 11.5 Å². The smallest absolute Gasteiger partial charge is 0.311 e. The molecule has 32 heavy (non-hydrogen) atoms. The number of nitrogens with one attached hydrogen (secondary N) is 3. The summed E-state index contributed by atoms with van der Waals surface area (Å²) < 4.78 is 5.77. The van der Waals surface area contributed by atoms with Crippen LogP contribution in [0, 0.1) is 0 Å². The molecule has 2 saturated heterocycles. The van der Waals surface area contributed by atoms with Gasteiger partial charge in [0.1, 0.15) is 11.5 Å². The maximum atomic E-state index is 12.8. The second-order valence-electron chi connectivity index (χ2n) is 7.73. The Morgan fingerprint density at radius 3 is 2.50 bits per heavy atom. The monoisotopic (exact) mass is 434 g/mol. The fourth-order valence-corrected chi connectivity index (χ4v) is 3.97. The summed E-state index contributed by atoms with van der Waals surface area (Å²) in [6.07, 6.45) is 4.92. The van der Waals surface area contributed by atoms with Crippen LogP contribution in [0.2, 0.25) is 0 Å². The Bertz CT molecular complexity index is 1070. The topological polar surface area (TPSA) is 111 Å². The van der Waals surface area contributed by atoms with Crippen molar-refractivity contribution >= 4 is 23.1 Å². The van der Waals surface area contributed by atoms with Gasteiger partial charge in [0.05, 0.1) is 23.8 Å². The number of carbonyl (C=O) groups is 1. The molecule has 0 unspecified atom stereocenters. The summed E-state index contributed by atoms with van der Waals surface area (Å²) in [5.74, 6) is 0.923. The molecular weight excluding hydrogens is 408 g/mol. The van der Waals surface area contributed by atoms with Gasteiger partial charge < -0.3 is 30.2 Å². The highest BCUT2D eigenvalue weighted by molar-refractivity contribution is 6.03. The number of carbonyl (C=O) groups excluding carboxylic acids is 1. The Morgan fingerprint density at radius 1 is 0.969 bits per heavy atom. The zero-order valence-electron chi connectivity index (χ0n) is 17.8. The van der Waals surface area contributed by atoms with Crippen LogP contribution in [0.3, 0.4) is 0 Å².